The smallest absolute Gasteiger partial charge is 0.261 e. The Hall–Kier alpha value is -3.65. The van der Waals surface area contributed by atoms with Crippen molar-refractivity contribution in [3.8, 4) is 11.4 Å². The Bertz CT molecular complexity index is 1620. The number of aromatic amines is 1. The molecule has 2 N–H and O–H groups in total. The van der Waals surface area contributed by atoms with Gasteiger partial charge in [-0.25, -0.2) is 4.98 Å². The third kappa shape index (κ3) is 3.60. The lowest BCUT2D eigenvalue weighted by atomic mass is 10.1. The van der Waals surface area contributed by atoms with Crippen LogP contribution in [-0.2, 0) is 6.54 Å². The summed E-state index contributed by atoms with van der Waals surface area (Å²) in [6.45, 7) is -0.0348. The highest BCUT2D eigenvalue weighted by atomic mass is 35.5. The molecule has 0 aliphatic carbocycles. The Balaban J connectivity index is 1.38. The first-order valence-electron chi connectivity index (χ1n) is 11.0. The van der Waals surface area contributed by atoms with Gasteiger partial charge in [0.05, 0.1) is 41.4 Å². The van der Waals surface area contributed by atoms with E-state index in [9.17, 15) is 14.7 Å². The Morgan fingerprint density at radius 2 is 1.57 bits per heavy atom. The molecular formula is C26H18Cl2N4O3. The van der Waals surface area contributed by atoms with E-state index in [1.54, 1.807) is 42.5 Å². The highest BCUT2D eigenvalue weighted by Gasteiger charge is 2.36. The van der Waals surface area contributed by atoms with Crippen LogP contribution in [0, 0.1) is 0 Å². The number of nitrogens with one attached hydrogen (secondary N) is 1. The fourth-order valence-corrected chi connectivity index (χ4v) is 4.99. The summed E-state index contributed by atoms with van der Waals surface area (Å²) in [7, 11) is 0. The van der Waals surface area contributed by atoms with Gasteiger partial charge in [0, 0.05) is 32.7 Å². The molecule has 0 bridgehead atoms. The predicted octanol–water partition coefficient (Wildman–Crippen LogP) is 5.15. The molecule has 1 aliphatic rings. The number of carbonyl (C=O) groups excluding carboxylic acids is 2. The summed E-state index contributed by atoms with van der Waals surface area (Å²) in [5.41, 5.74) is 3.84. The summed E-state index contributed by atoms with van der Waals surface area (Å²) in [5, 5.41) is 13.1. The number of H-pyrrole nitrogens is 1. The lowest BCUT2D eigenvalue weighted by Crippen LogP contribution is -2.38. The topological polar surface area (TPSA) is 91.2 Å². The number of aliphatic hydroxyl groups is 1. The number of fused-ring (bicyclic) bond motifs is 3. The van der Waals surface area contributed by atoms with Gasteiger partial charge in [-0.15, -0.1) is 0 Å². The second kappa shape index (κ2) is 8.23. The van der Waals surface area contributed by atoms with Crippen LogP contribution < -0.4 is 0 Å². The molecule has 174 valence electrons. The minimum Gasteiger partial charge on any atom is -0.389 e. The summed E-state index contributed by atoms with van der Waals surface area (Å²) in [6, 6.07) is 17.6. The van der Waals surface area contributed by atoms with Crippen LogP contribution in [0.2, 0.25) is 10.0 Å². The average Bonchev–Trinajstić information content (AvgIpc) is 3.48. The summed E-state index contributed by atoms with van der Waals surface area (Å²) in [6.07, 6.45) is 0.814. The number of β-amino-alcohol motifs (C(OH)–C–C–N with tert-alkyl or cyclic N) is 1. The molecular weight excluding hydrogens is 487 g/mol. The number of aliphatic hydroxyl groups excluding tert-OH is 1. The number of hydrogen-bond acceptors (Lipinski definition) is 4. The number of carbonyl (C=O) groups is 2. The van der Waals surface area contributed by atoms with Gasteiger partial charge >= 0.3 is 0 Å². The Morgan fingerprint density at radius 1 is 0.886 bits per heavy atom. The molecule has 2 amide bonds. The standard InChI is InChI=1S/C26H18Cl2N4O3/c27-14-5-7-21-19(9-14)20(11-29-21)24-30-22-10-15(28)6-8-23(22)31(24)12-16(33)13-32-25(34)17-3-1-2-4-18(17)26(32)35/h1-11,16,29,33H,12-13H2. The summed E-state index contributed by atoms with van der Waals surface area (Å²) in [5.74, 6) is -0.200. The third-order valence-electron chi connectivity index (χ3n) is 6.26. The van der Waals surface area contributed by atoms with Gasteiger partial charge < -0.3 is 14.7 Å². The van der Waals surface area contributed by atoms with Crippen molar-refractivity contribution in [1.29, 1.82) is 0 Å². The molecule has 0 saturated heterocycles. The minimum absolute atomic E-state index is 0.105. The van der Waals surface area contributed by atoms with Crippen LogP contribution >= 0.6 is 23.2 Å². The number of aromatic nitrogens is 3. The zero-order valence-corrected chi connectivity index (χ0v) is 19.7. The summed E-state index contributed by atoms with van der Waals surface area (Å²) in [4.78, 5) is 34.7. The van der Waals surface area contributed by atoms with Gasteiger partial charge in [-0.05, 0) is 48.5 Å². The molecule has 5 aromatic rings. The molecule has 1 aliphatic heterocycles. The van der Waals surface area contributed by atoms with E-state index in [1.807, 2.05) is 29.0 Å². The molecule has 0 radical (unpaired) electrons. The van der Waals surface area contributed by atoms with Crippen LogP contribution in [0.1, 0.15) is 20.7 Å². The number of halogens is 2. The van der Waals surface area contributed by atoms with Crippen molar-refractivity contribution >= 4 is 57.0 Å². The first-order chi connectivity index (χ1) is 16.9. The maximum Gasteiger partial charge on any atom is 0.261 e. The molecule has 2 aromatic heterocycles. The van der Waals surface area contributed by atoms with Crippen molar-refractivity contribution in [3.05, 3.63) is 88.0 Å². The largest absolute Gasteiger partial charge is 0.389 e. The van der Waals surface area contributed by atoms with Crippen molar-refractivity contribution in [2.24, 2.45) is 0 Å². The molecule has 7 nitrogen and oxygen atoms in total. The Morgan fingerprint density at radius 3 is 2.31 bits per heavy atom. The second-order valence-electron chi connectivity index (χ2n) is 8.49. The maximum absolute atomic E-state index is 12.8. The first-order valence-corrected chi connectivity index (χ1v) is 11.7. The van der Waals surface area contributed by atoms with Crippen LogP contribution in [0.3, 0.4) is 0 Å². The van der Waals surface area contributed by atoms with Gasteiger partial charge in [0.15, 0.2) is 0 Å². The van der Waals surface area contributed by atoms with Gasteiger partial charge in [0.2, 0.25) is 0 Å². The van der Waals surface area contributed by atoms with Gasteiger partial charge in [-0.2, -0.15) is 0 Å². The number of amides is 2. The Labute approximate surface area is 209 Å². The van der Waals surface area contributed by atoms with E-state index in [1.165, 1.54) is 0 Å². The number of nitrogens with zero attached hydrogens (tertiary/aromatic N) is 3. The van der Waals surface area contributed by atoms with Crippen molar-refractivity contribution < 1.29 is 14.7 Å². The molecule has 3 heterocycles. The molecule has 1 unspecified atom stereocenters. The fourth-order valence-electron chi connectivity index (χ4n) is 4.66. The molecule has 6 rings (SSSR count). The number of imide groups is 1. The lowest BCUT2D eigenvalue weighted by molar-refractivity contribution is 0.0523. The molecule has 0 saturated carbocycles. The van der Waals surface area contributed by atoms with Gasteiger partial charge in [0.25, 0.3) is 11.8 Å². The van der Waals surface area contributed by atoms with Crippen LogP contribution in [-0.4, -0.2) is 49.0 Å². The highest BCUT2D eigenvalue weighted by molar-refractivity contribution is 6.31. The normalized spacial score (nSPS) is 14.3. The zero-order chi connectivity index (χ0) is 24.3. The van der Waals surface area contributed by atoms with E-state index in [0.717, 1.165) is 26.9 Å². The Kier molecular flexibility index (Phi) is 5.14. The van der Waals surface area contributed by atoms with E-state index >= 15 is 0 Å². The number of imidazole rings is 1. The fraction of sp³-hybridized carbons (Fsp3) is 0.115. The third-order valence-corrected chi connectivity index (χ3v) is 6.73. The van der Waals surface area contributed by atoms with E-state index in [2.05, 4.69) is 4.98 Å². The van der Waals surface area contributed by atoms with Crippen LogP contribution in [0.15, 0.2) is 66.9 Å². The van der Waals surface area contributed by atoms with Crippen LogP contribution in [0.25, 0.3) is 33.3 Å². The summed E-state index contributed by atoms with van der Waals surface area (Å²) >= 11 is 12.5. The lowest BCUT2D eigenvalue weighted by Gasteiger charge is -2.20. The van der Waals surface area contributed by atoms with Gasteiger partial charge in [-0.1, -0.05) is 35.3 Å². The maximum atomic E-state index is 12.8. The molecule has 3 aromatic carbocycles. The number of benzene rings is 3. The SMILES string of the molecule is O=C1c2ccccc2C(=O)N1CC(O)Cn1c(-c2c[nH]c3ccc(Cl)cc23)nc2cc(Cl)ccc21. The highest BCUT2D eigenvalue weighted by Crippen LogP contribution is 2.33. The zero-order valence-electron chi connectivity index (χ0n) is 18.2. The van der Waals surface area contributed by atoms with Crippen molar-refractivity contribution in [2.75, 3.05) is 6.54 Å². The van der Waals surface area contributed by atoms with Crippen molar-refractivity contribution in [1.82, 2.24) is 19.4 Å². The van der Waals surface area contributed by atoms with E-state index in [0.29, 0.717) is 32.5 Å². The molecule has 0 spiro atoms. The molecule has 0 fully saturated rings. The van der Waals surface area contributed by atoms with E-state index in [-0.39, 0.29) is 13.1 Å². The first kappa shape index (κ1) is 21.9. The second-order valence-corrected chi connectivity index (χ2v) is 9.36. The quantitative estimate of drug-likeness (QED) is 0.324. The van der Waals surface area contributed by atoms with E-state index in [4.69, 9.17) is 28.2 Å². The summed E-state index contributed by atoms with van der Waals surface area (Å²) < 4.78 is 1.87. The van der Waals surface area contributed by atoms with Gasteiger partial charge in [0.1, 0.15) is 5.82 Å². The number of rotatable bonds is 5. The number of hydrogen-bond donors (Lipinski definition) is 2. The predicted molar refractivity (Wildman–Crippen MR) is 135 cm³/mol. The van der Waals surface area contributed by atoms with Gasteiger partial charge in [-0.3, -0.25) is 14.5 Å². The molecule has 35 heavy (non-hydrogen) atoms. The monoisotopic (exact) mass is 504 g/mol. The molecule has 1 atom stereocenters. The van der Waals surface area contributed by atoms with Crippen LogP contribution in [0.4, 0.5) is 0 Å². The van der Waals surface area contributed by atoms with Crippen molar-refractivity contribution in [2.45, 2.75) is 12.6 Å². The minimum atomic E-state index is -1.03. The van der Waals surface area contributed by atoms with Crippen molar-refractivity contribution in [3.63, 3.8) is 0 Å². The van der Waals surface area contributed by atoms with E-state index < -0.39 is 17.9 Å². The average molecular weight is 505 g/mol. The molecule has 9 heteroatoms. The van der Waals surface area contributed by atoms with Crippen LogP contribution in [0.5, 0.6) is 0 Å².